The number of benzene rings is 1. The number of rotatable bonds is 7. The third-order valence-corrected chi connectivity index (χ3v) is 3.89. The van der Waals surface area contributed by atoms with Gasteiger partial charge in [-0.05, 0) is 30.7 Å². The first-order chi connectivity index (χ1) is 14.4. The predicted octanol–water partition coefficient (Wildman–Crippen LogP) is 1.40. The maximum Gasteiger partial charge on any atom is 0.387 e. The van der Waals surface area contributed by atoms with Crippen LogP contribution in [0.3, 0.4) is 0 Å². The van der Waals surface area contributed by atoms with Crippen LogP contribution in [0, 0.1) is 0 Å². The standard InChI is InChI=1S/C18H15F2N5O5/c1-2-13-12(7-21-18-22-9-23-25(13)18)16(28)29-8-14(26)24-15(27)10-3-5-11(6-4-10)30-17(19)20/h3-7,9,17H,2,8H2,1H3,(H,24,26,27). The zero-order chi connectivity index (χ0) is 21.7. The number of alkyl halides is 2. The Labute approximate surface area is 167 Å². The molecule has 2 amide bonds. The van der Waals surface area contributed by atoms with Crippen LogP contribution in [-0.4, -0.2) is 50.6 Å². The van der Waals surface area contributed by atoms with E-state index in [4.69, 9.17) is 4.74 Å². The molecule has 1 N–H and O–H groups in total. The number of hydrogen-bond donors (Lipinski definition) is 1. The molecule has 3 rings (SSSR count). The third-order valence-electron chi connectivity index (χ3n) is 3.89. The number of hydrogen-bond acceptors (Lipinski definition) is 8. The minimum absolute atomic E-state index is 0.0328. The molecule has 0 aliphatic heterocycles. The number of amides is 2. The van der Waals surface area contributed by atoms with Gasteiger partial charge < -0.3 is 9.47 Å². The van der Waals surface area contributed by atoms with Gasteiger partial charge in [0.1, 0.15) is 12.1 Å². The van der Waals surface area contributed by atoms with Gasteiger partial charge in [0, 0.05) is 11.8 Å². The van der Waals surface area contributed by atoms with E-state index in [0.29, 0.717) is 17.9 Å². The number of fused-ring (bicyclic) bond motifs is 1. The quantitative estimate of drug-likeness (QED) is 0.570. The van der Waals surface area contributed by atoms with Gasteiger partial charge in [0.05, 0.1) is 11.3 Å². The molecule has 0 radical (unpaired) electrons. The van der Waals surface area contributed by atoms with E-state index in [1.165, 1.54) is 29.2 Å². The van der Waals surface area contributed by atoms with Gasteiger partial charge in [0.15, 0.2) is 6.61 Å². The first-order valence-corrected chi connectivity index (χ1v) is 8.62. The minimum atomic E-state index is -2.99. The van der Waals surface area contributed by atoms with Crippen LogP contribution < -0.4 is 10.1 Å². The van der Waals surface area contributed by atoms with E-state index >= 15 is 0 Å². The van der Waals surface area contributed by atoms with Gasteiger partial charge in [0.25, 0.3) is 17.6 Å². The molecule has 0 fully saturated rings. The highest BCUT2D eigenvalue weighted by Gasteiger charge is 2.19. The summed E-state index contributed by atoms with van der Waals surface area (Å²) in [6.07, 6.45) is 3.00. The zero-order valence-electron chi connectivity index (χ0n) is 15.5. The van der Waals surface area contributed by atoms with Crippen LogP contribution >= 0.6 is 0 Å². The number of aromatic nitrogens is 4. The van der Waals surface area contributed by atoms with Crippen molar-refractivity contribution < 1.29 is 32.6 Å². The molecule has 2 aromatic heterocycles. The van der Waals surface area contributed by atoms with Gasteiger partial charge in [-0.25, -0.2) is 14.3 Å². The number of nitrogens with one attached hydrogen (secondary N) is 1. The first-order valence-electron chi connectivity index (χ1n) is 8.62. The summed E-state index contributed by atoms with van der Waals surface area (Å²) in [6.45, 7) is -1.90. The molecule has 2 heterocycles. The summed E-state index contributed by atoms with van der Waals surface area (Å²) >= 11 is 0. The lowest BCUT2D eigenvalue weighted by molar-refractivity contribution is -0.123. The van der Waals surface area contributed by atoms with Crippen LogP contribution in [0.2, 0.25) is 0 Å². The van der Waals surface area contributed by atoms with Crippen molar-refractivity contribution in [3.05, 3.63) is 53.6 Å². The number of esters is 1. The molecule has 3 aromatic rings. The number of aryl methyl sites for hydroxylation is 1. The Bertz CT molecular complexity index is 1080. The third kappa shape index (κ3) is 4.71. The Morgan fingerprint density at radius 1 is 1.17 bits per heavy atom. The van der Waals surface area contributed by atoms with Crippen LogP contribution in [0.5, 0.6) is 5.75 Å². The SMILES string of the molecule is CCc1c(C(=O)OCC(=O)NC(=O)c2ccc(OC(F)F)cc2)cnc2ncnn12. The molecule has 30 heavy (non-hydrogen) atoms. The molecule has 0 bridgehead atoms. The van der Waals surface area contributed by atoms with Crippen LogP contribution in [0.1, 0.15) is 33.3 Å². The second kappa shape index (κ2) is 9.03. The summed E-state index contributed by atoms with van der Waals surface area (Å²) in [5.74, 6) is -2.29. The van der Waals surface area contributed by atoms with Crippen molar-refractivity contribution in [2.24, 2.45) is 0 Å². The molecule has 1 aromatic carbocycles. The summed E-state index contributed by atoms with van der Waals surface area (Å²) in [4.78, 5) is 44.2. The molecular weight excluding hydrogens is 404 g/mol. The van der Waals surface area contributed by atoms with Gasteiger partial charge >= 0.3 is 12.6 Å². The lowest BCUT2D eigenvalue weighted by atomic mass is 10.2. The average molecular weight is 419 g/mol. The van der Waals surface area contributed by atoms with Crippen LogP contribution in [0.4, 0.5) is 8.78 Å². The molecular formula is C18H15F2N5O5. The summed E-state index contributed by atoms with van der Waals surface area (Å²) in [5, 5.41) is 6.01. The van der Waals surface area contributed by atoms with Crippen molar-refractivity contribution >= 4 is 23.6 Å². The summed E-state index contributed by atoms with van der Waals surface area (Å²) in [7, 11) is 0. The van der Waals surface area contributed by atoms with Gasteiger partial charge in [-0.2, -0.15) is 18.9 Å². The van der Waals surface area contributed by atoms with E-state index in [1.807, 2.05) is 5.32 Å². The number of ether oxygens (including phenoxy) is 2. The molecule has 10 nitrogen and oxygen atoms in total. The Hall–Kier alpha value is -3.96. The van der Waals surface area contributed by atoms with E-state index in [9.17, 15) is 23.2 Å². The molecule has 0 saturated heterocycles. The largest absolute Gasteiger partial charge is 0.452 e. The molecule has 12 heteroatoms. The highest BCUT2D eigenvalue weighted by molar-refractivity contribution is 6.05. The second-order valence-corrected chi connectivity index (χ2v) is 5.80. The van der Waals surface area contributed by atoms with Crippen LogP contribution in [-0.2, 0) is 16.0 Å². The van der Waals surface area contributed by atoms with Gasteiger partial charge in [-0.3, -0.25) is 14.9 Å². The van der Waals surface area contributed by atoms with E-state index in [2.05, 4.69) is 19.8 Å². The van der Waals surface area contributed by atoms with Crippen molar-refractivity contribution in [1.82, 2.24) is 24.9 Å². The number of carbonyl (C=O) groups is 3. The predicted molar refractivity (Wildman–Crippen MR) is 96.0 cm³/mol. The minimum Gasteiger partial charge on any atom is -0.452 e. The fourth-order valence-electron chi connectivity index (χ4n) is 2.57. The molecule has 0 aliphatic rings. The number of halogens is 2. The summed E-state index contributed by atoms with van der Waals surface area (Å²) in [6, 6.07) is 4.73. The fourth-order valence-corrected chi connectivity index (χ4v) is 2.57. The second-order valence-electron chi connectivity index (χ2n) is 5.80. The van der Waals surface area contributed by atoms with E-state index in [0.717, 1.165) is 12.1 Å². The maximum atomic E-state index is 12.3. The van der Waals surface area contributed by atoms with Crippen molar-refractivity contribution in [3.63, 3.8) is 0 Å². The Balaban J connectivity index is 1.58. The normalized spacial score (nSPS) is 10.8. The van der Waals surface area contributed by atoms with Gasteiger partial charge in [-0.1, -0.05) is 6.92 Å². The Morgan fingerprint density at radius 2 is 1.90 bits per heavy atom. The van der Waals surface area contributed by atoms with Gasteiger partial charge in [-0.15, -0.1) is 0 Å². The van der Waals surface area contributed by atoms with Crippen molar-refractivity contribution in [2.45, 2.75) is 20.0 Å². The lowest BCUT2D eigenvalue weighted by Crippen LogP contribution is -2.34. The number of imide groups is 1. The van der Waals surface area contributed by atoms with E-state index in [1.54, 1.807) is 6.92 Å². The van der Waals surface area contributed by atoms with Crippen molar-refractivity contribution in [1.29, 1.82) is 0 Å². The molecule has 156 valence electrons. The highest BCUT2D eigenvalue weighted by Crippen LogP contribution is 2.15. The Morgan fingerprint density at radius 3 is 2.57 bits per heavy atom. The first kappa shape index (κ1) is 20.8. The molecule has 0 atom stereocenters. The lowest BCUT2D eigenvalue weighted by Gasteiger charge is -2.09. The molecule has 0 unspecified atom stereocenters. The van der Waals surface area contributed by atoms with Crippen LogP contribution in [0.15, 0.2) is 36.8 Å². The van der Waals surface area contributed by atoms with Gasteiger partial charge in [0.2, 0.25) is 0 Å². The monoisotopic (exact) mass is 419 g/mol. The van der Waals surface area contributed by atoms with Crippen molar-refractivity contribution in [2.75, 3.05) is 6.61 Å². The van der Waals surface area contributed by atoms with Crippen LogP contribution in [0.25, 0.3) is 5.78 Å². The van der Waals surface area contributed by atoms with Crippen molar-refractivity contribution in [3.8, 4) is 5.75 Å². The van der Waals surface area contributed by atoms with E-state index < -0.39 is 31.0 Å². The van der Waals surface area contributed by atoms with E-state index in [-0.39, 0.29) is 16.9 Å². The Kier molecular flexibility index (Phi) is 6.25. The number of carbonyl (C=O) groups excluding carboxylic acids is 3. The topological polar surface area (TPSA) is 125 Å². The molecule has 0 aliphatic carbocycles. The number of nitrogens with zero attached hydrogens (tertiary/aromatic N) is 4. The smallest absolute Gasteiger partial charge is 0.387 e. The zero-order valence-corrected chi connectivity index (χ0v) is 15.5. The summed E-state index contributed by atoms with van der Waals surface area (Å²) in [5.41, 5.74) is 0.653. The molecule has 0 saturated carbocycles. The maximum absolute atomic E-state index is 12.3. The fraction of sp³-hybridized carbons (Fsp3) is 0.222. The summed E-state index contributed by atoms with van der Waals surface area (Å²) < 4.78 is 34.8. The average Bonchev–Trinajstić information content (AvgIpc) is 3.20. The molecule has 0 spiro atoms. The highest BCUT2D eigenvalue weighted by atomic mass is 19.3.